The Morgan fingerprint density at radius 1 is 1.16 bits per heavy atom. The maximum absolute atomic E-state index is 5.23. The van der Waals surface area contributed by atoms with E-state index in [0.717, 1.165) is 22.7 Å². The predicted octanol–water partition coefficient (Wildman–Crippen LogP) is 2.75. The molecule has 0 saturated carbocycles. The van der Waals surface area contributed by atoms with Gasteiger partial charge in [-0.2, -0.15) is 5.10 Å². The molecule has 1 N–H and O–H groups in total. The van der Waals surface area contributed by atoms with E-state index in [0.29, 0.717) is 0 Å². The van der Waals surface area contributed by atoms with E-state index in [1.54, 1.807) is 0 Å². The molecule has 0 aliphatic carbocycles. The summed E-state index contributed by atoms with van der Waals surface area (Å²) >= 11 is 0. The van der Waals surface area contributed by atoms with Crippen molar-refractivity contribution in [3.63, 3.8) is 0 Å². The quantitative estimate of drug-likeness (QED) is 0.920. The number of hydrogen-bond donors (Lipinski definition) is 1. The Labute approximate surface area is 114 Å². The van der Waals surface area contributed by atoms with E-state index in [-0.39, 0.29) is 12.1 Å². The highest BCUT2D eigenvalue weighted by Crippen LogP contribution is 2.25. The minimum atomic E-state index is 0.195. The van der Waals surface area contributed by atoms with Crippen LogP contribution in [-0.4, -0.2) is 14.9 Å². The first kappa shape index (κ1) is 13.8. The molecular weight excluding hydrogens is 240 g/mol. The second-order valence-electron chi connectivity index (χ2n) is 5.19. The molecule has 19 heavy (non-hydrogen) atoms. The largest absolute Gasteiger partial charge is 0.361 e. The molecule has 0 amide bonds. The summed E-state index contributed by atoms with van der Waals surface area (Å²) in [5.74, 6) is 0.882. The van der Waals surface area contributed by atoms with Crippen LogP contribution in [0.4, 0.5) is 0 Å². The van der Waals surface area contributed by atoms with E-state index in [2.05, 4.69) is 35.6 Å². The summed E-state index contributed by atoms with van der Waals surface area (Å²) in [6.45, 7) is 10.2. The lowest BCUT2D eigenvalue weighted by atomic mass is 10.0. The van der Waals surface area contributed by atoms with Crippen LogP contribution >= 0.6 is 0 Å². The average molecular weight is 262 g/mol. The maximum Gasteiger partial charge on any atom is 0.138 e. The van der Waals surface area contributed by atoms with Crippen molar-refractivity contribution >= 4 is 0 Å². The molecule has 2 atom stereocenters. The van der Waals surface area contributed by atoms with E-state index in [1.807, 2.05) is 32.5 Å². The number of hydrogen-bond acceptors (Lipinski definition) is 4. The SMILES string of the molecule is Cc1nn(C)cc1C(C)NC(C)c1c(C)noc1C. The zero-order valence-electron chi connectivity index (χ0n) is 12.5. The van der Waals surface area contributed by atoms with Gasteiger partial charge in [0.1, 0.15) is 5.76 Å². The van der Waals surface area contributed by atoms with Crippen molar-refractivity contribution in [2.45, 2.75) is 46.7 Å². The first-order valence-corrected chi connectivity index (χ1v) is 6.59. The lowest BCUT2D eigenvalue weighted by molar-refractivity contribution is 0.389. The summed E-state index contributed by atoms with van der Waals surface area (Å²) < 4.78 is 7.08. The molecule has 5 nitrogen and oxygen atoms in total. The van der Waals surface area contributed by atoms with Gasteiger partial charge in [0.2, 0.25) is 0 Å². The molecule has 0 aliphatic heterocycles. The normalized spacial score (nSPS) is 14.6. The smallest absolute Gasteiger partial charge is 0.138 e. The summed E-state index contributed by atoms with van der Waals surface area (Å²) in [7, 11) is 1.95. The Kier molecular flexibility index (Phi) is 3.75. The standard InChI is InChI=1S/C14H22N4O/c1-8(13-7-18(6)16-9(13)2)15-10(3)14-11(4)17-19-12(14)5/h7-8,10,15H,1-6H3. The van der Waals surface area contributed by atoms with Crippen LogP contribution in [0.15, 0.2) is 10.7 Å². The highest BCUT2D eigenvalue weighted by molar-refractivity contribution is 5.26. The van der Waals surface area contributed by atoms with E-state index in [1.165, 1.54) is 5.56 Å². The van der Waals surface area contributed by atoms with Gasteiger partial charge < -0.3 is 9.84 Å². The third kappa shape index (κ3) is 2.71. The van der Waals surface area contributed by atoms with Crippen molar-refractivity contribution in [2.24, 2.45) is 7.05 Å². The molecule has 0 fully saturated rings. The van der Waals surface area contributed by atoms with Gasteiger partial charge in [0, 0.05) is 36.5 Å². The summed E-state index contributed by atoms with van der Waals surface area (Å²) in [4.78, 5) is 0. The molecular formula is C14H22N4O. The number of rotatable bonds is 4. The van der Waals surface area contributed by atoms with Crippen LogP contribution in [0.1, 0.15) is 54.2 Å². The van der Waals surface area contributed by atoms with Crippen LogP contribution < -0.4 is 5.32 Å². The highest BCUT2D eigenvalue weighted by Gasteiger charge is 2.20. The van der Waals surface area contributed by atoms with Gasteiger partial charge in [0.15, 0.2) is 0 Å². The Hall–Kier alpha value is -1.62. The molecule has 2 rings (SSSR count). The Bertz CT molecular complexity index is 551. The lowest BCUT2D eigenvalue weighted by Crippen LogP contribution is -2.23. The third-order valence-corrected chi connectivity index (χ3v) is 3.54. The van der Waals surface area contributed by atoms with E-state index in [4.69, 9.17) is 4.52 Å². The van der Waals surface area contributed by atoms with Crippen molar-refractivity contribution in [1.82, 2.24) is 20.3 Å². The average Bonchev–Trinajstić information content (AvgIpc) is 2.81. The second kappa shape index (κ2) is 5.17. The number of aryl methyl sites for hydroxylation is 4. The van der Waals surface area contributed by atoms with E-state index >= 15 is 0 Å². The Morgan fingerprint density at radius 3 is 2.32 bits per heavy atom. The fraction of sp³-hybridized carbons (Fsp3) is 0.571. The molecule has 2 aromatic heterocycles. The first-order chi connectivity index (χ1) is 8.90. The lowest BCUT2D eigenvalue weighted by Gasteiger charge is -2.19. The van der Waals surface area contributed by atoms with E-state index in [9.17, 15) is 0 Å². The van der Waals surface area contributed by atoms with Crippen LogP contribution in [-0.2, 0) is 7.05 Å². The van der Waals surface area contributed by atoms with Gasteiger partial charge in [0.25, 0.3) is 0 Å². The summed E-state index contributed by atoms with van der Waals surface area (Å²) in [5.41, 5.74) is 4.38. The predicted molar refractivity (Wildman–Crippen MR) is 73.9 cm³/mol. The molecule has 0 bridgehead atoms. The first-order valence-electron chi connectivity index (χ1n) is 6.59. The van der Waals surface area contributed by atoms with E-state index < -0.39 is 0 Å². The fourth-order valence-corrected chi connectivity index (χ4v) is 2.70. The van der Waals surface area contributed by atoms with Crippen molar-refractivity contribution in [2.75, 3.05) is 0 Å². The van der Waals surface area contributed by atoms with Crippen LogP contribution in [0.3, 0.4) is 0 Å². The van der Waals surface area contributed by atoms with Crippen molar-refractivity contribution in [3.05, 3.63) is 34.5 Å². The third-order valence-electron chi connectivity index (χ3n) is 3.54. The molecule has 2 aromatic rings. The molecule has 5 heteroatoms. The van der Waals surface area contributed by atoms with Gasteiger partial charge in [0.05, 0.1) is 11.4 Å². The summed E-state index contributed by atoms with van der Waals surface area (Å²) in [5, 5.41) is 12.0. The van der Waals surface area contributed by atoms with Crippen LogP contribution in [0.25, 0.3) is 0 Å². The van der Waals surface area contributed by atoms with Gasteiger partial charge in [-0.05, 0) is 34.6 Å². The highest BCUT2D eigenvalue weighted by atomic mass is 16.5. The molecule has 104 valence electrons. The Morgan fingerprint density at radius 2 is 1.84 bits per heavy atom. The summed E-state index contributed by atoms with van der Waals surface area (Å²) in [6.07, 6.45) is 2.06. The van der Waals surface area contributed by atoms with Gasteiger partial charge in [-0.25, -0.2) is 0 Å². The molecule has 0 spiro atoms. The zero-order valence-corrected chi connectivity index (χ0v) is 12.5. The number of aromatic nitrogens is 3. The van der Waals surface area contributed by atoms with Gasteiger partial charge in [-0.3, -0.25) is 4.68 Å². The van der Waals surface area contributed by atoms with Gasteiger partial charge in [-0.1, -0.05) is 5.16 Å². The maximum atomic E-state index is 5.23. The van der Waals surface area contributed by atoms with Gasteiger partial charge >= 0.3 is 0 Å². The minimum absolute atomic E-state index is 0.195. The van der Waals surface area contributed by atoms with Crippen molar-refractivity contribution in [3.8, 4) is 0 Å². The van der Waals surface area contributed by atoms with Crippen LogP contribution in [0.2, 0.25) is 0 Å². The molecule has 0 aromatic carbocycles. The monoisotopic (exact) mass is 262 g/mol. The molecule has 0 aliphatic rings. The second-order valence-corrected chi connectivity index (χ2v) is 5.19. The summed E-state index contributed by atoms with van der Waals surface area (Å²) in [6, 6.07) is 0.429. The fourth-order valence-electron chi connectivity index (χ4n) is 2.70. The van der Waals surface area contributed by atoms with Gasteiger partial charge in [-0.15, -0.1) is 0 Å². The molecule has 2 heterocycles. The van der Waals surface area contributed by atoms with Crippen molar-refractivity contribution in [1.29, 1.82) is 0 Å². The number of nitrogens with zero attached hydrogens (tertiary/aromatic N) is 3. The molecule has 2 unspecified atom stereocenters. The Balaban J connectivity index is 2.15. The molecule has 0 radical (unpaired) electrons. The zero-order chi connectivity index (χ0) is 14.2. The topological polar surface area (TPSA) is 55.9 Å². The minimum Gasteiger partial charge on any atom is -0.361 e. The molecule has 0 saturated heterocycles. The van der Waals surface area contributed by atoms with Crippen molar-refractivity contribution < 1.29 is 4.52 Å². The number of nitrogens with one attached hydrogen (secondary N) is 1. The van der Waals surface area contributed by atoms with Crippen LogP contribution in [0, 0.1) is 20.8 Å². The van der Waals surface area contributed by atoms with Crippen LogP contribution in [0.5, 0.6) is 0 Å².